The van der Waals surface area contributed by atoms with Gasteiger partial charge in [-0.1, -0.05) is 28.9 Å². The molecular formula is C14H24BrN3. The van der Waals surface area contributed by atoms with Crippen molar-refractivity contribution in [3.8, 4) is 0 Å². The Morgan fingerprint density at radius 1 is 1.22 bits per heavy atom. The molecule has 4 heteroatoms. The molecule has 0 bridgehead atoms. The van der Waals surface area contributed by atoms with Crippen molar-refractivity contribution >= 4 is 21.6 Å². The molecule has 1 rings (SSSR count). The SMILES string of the molecule is CCN(CCCN(C)C)Cc1ccc(Br)cc1N. The molecule has 0 saturated heterocycles. The smallest absolute Gasteiger partial charge is 0.0371 e. The second kappa shape index (κ2) is 7.77. The van der Waals surface area contributed by atoms with Crippen LogP contribution in [0.2, 0.25) is 0 Å². The van der Waals surface area contributed by atoms with Crippen LogP contribution < -0.4 is 5.73 Å². The average Bonchev–Trinajstić information content (AvgIpc) is 2.30. The lowest BCUT2D eigenvalue weighted by Gasteiger charge is -2.22. The predicted molar refractivity (Wildman–Crippen MR) is 82.7 cm³/mol. The highest BCUT2D eigenvalue weighted by molar-refractivity contribution is 9.10. The fourth-order valence-corrected chi connectivity index (χ4v) is 2.29. The van der Waals surface area contributed by atoms with Gasteiger partial charge >= 0.3 is 0 Å². The molecule has 18 heavy (non-hydrogen) atoms. The minimum atomic E-state index is 0.871. The summed E-state index contributed by atoms with van der Waals surface area (Å²) in [4.78, 5) is 4.66. The van der Waals surface area contributed by atoms with E-state index in [-0.39, 0.29) is 0 Å². The van der Waals surface area contributed by atoms with Gasteiger partial charge in [0, 0.05) is 16.7 Å². The van der Waals surface area contributed by atoms with Crippen molar-refractivity contribution in [3.63, 3.8) is 0 Å². The number of anilines is 1. The van der Waals surface area contributed by atoms with Crippen LogP contribution in [-0.2, 0) is 6.54 Å². The first-order valence-electron chi connectivity index (χ1n) is 6.44. The van der Waals surface area contributed by atoms with Crippen molar-refractivity contribution in [2.45, 2.75) is 19.9 Å². The highest BCUT2D eigenvalue weighted by Gasteiger charge is 2.06. The molecule has 0 unspecified atom stereocenters. The van der Waals surface area contributed by atoms with Crippen molar-refractivity contribution in [2.24, 2.45) is 0 Å². The molecule has 102 valence electrons. The number of hydrogen-bond donors (Lipinski definition) is 1. The molecule has 0 saturated carbocycles. The van der Waals surface area contributed by atoms with E-state index in [2.05, 4.69) is 58.9 Å². The van der Waals surface area contributed by atoms with E-state index in [0.29, 0.717) is 0 Å². The molecule has 1 aromatic rings. The summed E-state index contributed by atoms with van der Waals surface area (Å²) in [5, 5.41) is 0. The molecular weight excluding hydrogens is 290 g/mol. The van der Waals surface area contributed by atoms with E-state index in [1.807, 2.05) is 6.07 Å². The molecule has 0 fully saturated rings. The largest absolute Gasteiger partial charge is 0.398 e. The summed E-state index contributed by atoms with van der Waals surface area (Å²) in [5.41, 5.74) is 8.12. The fraction of sp³-hybridized carbons (Fsp3) is 0.571. The predicted octanol–water partition coefficient (Wildman–Crippen LogP) is 2.80. The van der Waals surface area contributed by atoms with Crippen LogP contribution in [0.4, 0.5) is 5.69 Å². The van der Waals surface area contributed by atoms with Gasteiger partial charge in [0.05, 0.1) is 0 Å². The zero-order valence-electron chi connectivity index (χ0n) is 11.6. The Balaban J connectivity index is 2.51. The van der Waals surface area contributed by atoms with Crippen molar-refractivity contribution < 1.29 is 0 Å². The molecule has 0 heterocycles. The normalized spacial score (nSPS) is 11.4. The Hall–Kier alpha value is -0.580. The average molecular weight is 314 g/mol. The highest BCUT2D eigenvalue weighted by atomic mass is 79.9. The molecule has 1 aromatic carbocycles. The van der Waals surface area contributed by atoms with Crippen LogP contribution in [0.15, 0.2) is 22.7 Å². The maximum Gasteiger partial charge on any atom is 0.0371 e. The number of benzene rings is 1. The standard InChI is InChI=1S/C14H24BrN3/c1-4-18(9-5-8-17(2)3)11-12-6-7-13(15)10-14(12)16/h6-7,10H,4-5,8-9,11,16H2,1-3H3. The lowest BCUT2D eigenvalue weighted by atomic mass is 10.1. The highest BCUT2D eigenvalue weighted by Crippen LogP contribution is 2.20. The topological polar surface area (TPSA) is 32.5 Å². The second-order valence-corrected chi connectivity index (χ2v) is 5.78. The summed E-state index contributed by atoms with van der Waals surface area (Å²) in [6, 6.07) is 6.14. The summed E-state index contributed by atoms with van der Waals surface area (Å²) in [7, 11) is 4.23. The molecule has 0 aliphatic heterocycles. The van der Waals surface area contributed by atoms with Gasteiger partial charge in [-0.05, 0) is 57.8 Å². The van der Waals surface area contributed by atoms with Gasteiger partial charge in [0.1, 0.15) is 0 Å². The Labute approximate surface area is 119 Å². The van der Waals surface area contributed by atoms with E-state index in [1.165, 1.54) is 12.0 Å². The van der Waals surface area contributed by atoms with Gasteiger partial charge in [0.25, 0.3) is 0 Å². The van der Waals surface area contributed by atoms with Crippen molar-refractivity contribution in [3.05, 3.63) is 28.2 Å². The molecule has 2 N–H and O–H groups in total. The number of hydrogen-bond acceptors (Lipinski definition) is 3. The number of nitrogens with two attached hydrogens (primary N) is 1. The van der Waals surface area contributed by atoms with Crippen LogP contribution >= 0.6 is 15.9 Å². The van der Waals surface area contributed by atoms with E-state index in [1.54, 1.807) is 0 Å². The summed E-state index contributed by atoms with van der Waals surface area (Å²) in [6.07, 6.45) is 1.19. The van der Waals surface area contributed by atoms with E-state index < -0.39 is 0 Å². The third kappa shape index (κ3) is 5.38. The van der Waals surface area contributed by atoms with Gasteiger partial charge in [0.15, 0.2) is 0 Å². The molecule has 0 atom stereocenters. The first kappa shape index (κ1) is 15.5. The molecule has 0 amide bonds. The van der Waals surface area contributed by atoms with Gasteiger partial charge in [0.2, 0.25) is 0 Å². The third-order valence-corrected chi connectivity index (χ3v) is 3.52. The van der Waals surface area contributed by atoms with Crippen LogP contribution in [0.25, 0.3) is 0 Å². The Morgan fingerprint density at radius 3 is 2.50 bits per heavy atom. The van der Waals surface area contributed by atoms with Gasteiger partial charge in [-0.3, -0.25) is 4.90 Å². The number of halogens is 1. The lowest BCUT2D eigenvalue weighted by Crippen LogP contribution is -2.27. The number of rotatable bonds is 7. The second-order valence-electron chi connectivity index (χ2n) is 4.87. The quantitative estimate of drug-likeness (QED) is 0.786. The zero-order chi connectivity index (χ0) is 13.5. The van der Waals surface area contributed by atoms with E-state index in [4.69, 9.17) is 5.73 Å². The monoisotopic (exact) mass is 313 g/mol. The summed E-state index contributed by atoms with van der Waals surface area (Å²) >= 11 is 3.44. The summed E-state index contributed by atoms with van der Waals surface area (Å²) in [6.45, 7) is 6.44. The van der Waals surface area contributed by atoms with Crippen molar-refractivity contribution in [2.75, 3.05) is 39.5 Å². The third-order valence-electron chi connectivity index (χ3n) is 3.03. The van der Waals surface area contributed by atoms with Crippen LogP contribution in [-0.4, -0.2) is 43.5 Å². The van der Waals surface area contributed by atoms with Gasteiger partial charge in [-0.25, -0.2) is 0 Å². The molecule has 3 nitrogen and oxygen atoms in total. The molecule has 0 aliphatic rings. The van der Waals surface area contributed by atoms with Crippen LogP contribution in [0, 0.1) is 0 Å². The van der Waals surface area contributed by atoms with Crippen LogP contribution in [0.1, 0.15) is 18.9 Å². The Morgan fingerprint density at radius 2 is 1.94 bits per heavy atom. The van der Waals surface area contributed by atoms with Gasteiger partial charge < -0.3 is 10.6 Å². The van der Waals surface area contributed by atoms with Crippen LogP contribution in [0.5, 0.6) is 0 Å². The maximum absolute atomic E-state index is 6.04. The minimum absolute atomic E-state index is 0.871. The Bertz CT molecular complexity index is 366. The van der Waals surface area contributed by atoms with Gasteiger partial charge in [-0.15, -0.1) is 0 Å². The minimum Gasteiger partial charge on any atom is -0.398 e. The number of nitrogen functional groups attached to an aromatic ring is 1. The molecule has 0 spiro atoms. The zero-order valence-corrected chi connectivity index (χ0v) is 13.2. The molecule has 0 aliphatic carbocycles. The van der Waals surface area contributed by atoms with Crippen LogP contribution in [0.3, 0.4) is 0 Å². The first-order chi connectivity index (χ1) is 8.52. The maximum atomic E-state index is 6.04. The Kier molecular flexibility index (Phi) is 6.68. The van der Waals surface area contributed by atoms with E-state index in [9.17, 15) is 0 Å². The van der Waals surface area contributed by atoms with E-state index in [0.717, 1.165) is 36.3 Å². The molecule has 0 aromatic heterocycles. The number of nitrogens with zero attached hydrogens (tertiary/aromatic N) is 2. The van der Waals surface area contributed by atoms with Crippen molar-refractivity contribution in [1.29, 1.82) is 0 Å². The fourth-order valence-electron chi connectivity index (χ4n) is 1.91. The van der Waals surface area contributed by atoms with Crippen molar-refractivity contribution in [1.82, 2.24) is 9.80 Å². The summed E-state index contributed by atoms with van der Waals surface area (Å²) in [5.74, 6) is 0. The van der Waals surface area contributed by atoms with E-state index >= 15 is 0 Å². The molecule has 0 radical (unpaired) electrons. The summed E-state index contributed by atoms with van der Waals surface area (Å²) < 4.78 is 1.04. The first-order valence-corrected chi connectivity index (χ1v) is 7.23. The lowest BCUT2D eigenvalue weighted by molar-refractivity contribution is 0.259. The van der Waals surface area contributed by atoms with Gasteiger partial charge in [-0.2, -0.15) is 0 Å².